The van der Waals surface area contributed by atoms with Crippen molar-refractivity contribution < 1.29 is 14.6 Å². The Labute approximate surface area is 137 Å². The van der Waals surface area contributed by atoms with Gasteiger partial charge in [-0.2, -0.15) is 0 Å². The molecule has 2 aliphatic rings. The van der Waals surface area contributed by atoms with Gasteiger partial charge in [0.05, 0.1) is 13.2 Å². The molecule has 1 saturated heterocycles. The molecule has 0 aromatic heterocycles. The second-order valence-corrected chi connectivity index (χ2v) is 6.86. The average molecular weight is 326 g/mol. The lowest BCUT2D eigenvalue weighted by molar-refractivity contribution is -0.0669. The number of rotatable bonds is 4. The molecule has 1 aromatic carbocycles. The minimum absolute atomic E-state index is 0.234. The number of hydrogen-bond donors (Lipinski definition) is 1. The first-order valence-corrected chi connectivity index (χ1v) is 8.45. The minimum atomic E-state index is -0.960. The molecule has 1 atom stereocenters. The van der Waals surface area contributed by atoms with Crippen LogP contribution in [0.25, 0.3) is 0 Å². The van der Waals surface area contributed by atoms with E-state index in [-0.39, 0.29) is 6.61 Å². The van der Waals surface area contributed by atoms with Crippen molar-refractivity contribution in [2.24, 2.45) is 0 Å². The SMILES string of the molecule is O[C@@]1(COc2ccc(Cl)cc2)COCCN(C2CCCC2)C1. The number of β-amino-alcohol motifs (C(OH)–C–C–N with tert-alkyl or cyclic N) is 1. The Morgan fingerprint density at radius 3 is 2.73 bits per heavy atom. The molecule has 1 saturated carbocycles. The third kappa shape index (κ3) is 4.13. The van der Waals surface area contributed by atoms with Gasteiger partial charge in [0.25, 0.3) is 0 Å². The van der Waals surface area contributed by atoms with Crippen LogP contribution in [0.1, 0.15) is 25.7 Å². The zero-order valence-corrected chi connectivity index (χ0v) is 13.6. The molecule has 5 heteroatoms. The smallest absolute Gasteiger partial charge is 0.134 e. The van der Waals surface area contributed by atoms with Gasteiger partial charge in [-0.05, 0) is 37.1 Å². The van der Waals surface area contributed by atoms with Crippen LogP contribution in [0, 0.1) is 0 Å². The van der Waals surface area contributed by atoms with E-state index in [9.17, 15) is 5.11 Å². The van der Waals surface area contributed by atoms with Gasteiger partial charge in [-0.1, -0.05) is 24.4 Å². The summed E-state index contributed by atoms with van der Waals surface area (Å²) in [6.45, 7) is 2.75. The number of benzene rings is 1. The van der Waals surface area contributed by atoms with E-state index in [0.717, 1.165) is 12.3 Å². The van der Waals surface area contributed by atoms with E-state index >= 15 is 0 Å². The predicted octanol–water partition coefficient (Wildman–Crippen LogP) is 2.72. The van der Waals surface area contributed by atoms with E-state index in [4.69, 9.17) is 21.1 Å². The molecule has 1 aromatic rings. The maximum absolute atomic E-state index is 10.9. The monoisotopic (exact) mass is 325 g/mol. The van der Waals surface area contributed by atoms with E-state index in [2.05, 4.69) is 4.90 Å². The fourth-order valence-corrected chi connectivity index (χ4v) is 3.49. The van der Waals surface area contributed by atoms with Crippen molar-refractivity contribution in [3.8, 4) is 5.75 Å². The van der Waals surface area contributed by atoms with Crippen LogP contribution in [0.4, 0.5) is 0 Å². The van der Waals surface area contributed by atoms with Crippen LogP contribution >= 0.6 is 11.6 Å². The van der Waals surface area contributed by atoms with Gasteiger partial charge in [0.15, 0.2) is 0 Å². The van der Waals surface area contributed by atoms with Crippen LogP contribution in [0.3, 0.4) is 0 Å². The summed E-state index contributed by atoms with van der Waals surface area (Å²) in [6.07, 6.45) is 5.05. The summed E-state index contributed by atoms with van der Waals surface area (Å²) in [5, 5.41) is 11.6. The molecular weight excluding hydrogens is 302 g/mol. The van der Waals surface area contributed by atoms with Crippen molar-refractivity contribution in [1.29, 1.82) is 0 Å². The Kier molecular flexibility index (Phi) is 5.24. The van der Waals surface area contributed by atoms with Crippen molar-refractivity contribution in [1.82, 2.24) is 4.90 Å². The van der Waals surface area contributed by atoms with Crippen LogP contribution in [0.15, 0.2) is 24.3 Å². The zero-order chi connectivity index (χ0) is 15.4. The molecule has 2 fully saturated rings. The molecule has 1 heterocycles. The lowest BCUT2D eigenvalue weighted by atomic mass is 10.0. The van der Waals surface area contributed by atoms with Crippen molar-refractivity contribution in [3.63, 3.8) is 0 Å². The Bertz CT molecular complexity index is 475. The summed E-state index contributed by atoms with van der Waals surface area (Å²) in [6, 6.07) is 7.80. The first kappa shape index (κ1) is 16.1. The molecule has 0 bridgehead atoms. The van der Waals surface area contributed by atoms with Gasteiger partial charge in [-0.15, -0.1) is 0 Å². The zero-order valence-electron chi connectivity index (χ0n) is 12.8. The van der Waals surface area contributed by atoms with E-state index in [1.807, 2.05) is 12.1 Å². The van der Waals surface area contributed by atoms with E-state index in [1.54, 1.807) is 12.1 Å². The fraction of sp³-hybridized carbons (Fsp3) is 0.647. The van der Waals surface area contributed by atoms with Crippen LogP contribution < -0.4 is 4.74 Å². The molecule has 22 heavy (non-hydrogen) atoms. The van der Waals surface area contributed by atoms with Crippen LogP contribution in [-0.4, -0.2) is 54.6 Å². The van der Waals surface area contributed by atoms with Gasteiger partial charge in [-0.25, -0.2) is 0 Å². The van der Waals surface area contributed by atoms with E-state index < -0.39 is 5.60 Å². The standard InChI is InChI=1S/C17H24ClNO3/c18-14-5-7-16(8-6-14)22-13-17(20)11-19(9-10-21-12-17)15-3-1-2-4-15/h5-8,15,20H,1-4,9-13H2/t17-/m1/s1. The highest BCUT2D eigenvalue weighted by atomic mass is 35.5. The molecular formula is C17H24ClNO3. The van der Waals surface area contributed by atoms with Crippen molar-refractivity contribution in [3.05, 3.63) is 29.3 Å². The number of halogens is 1. The third-order valence-corrected chi connectivity index (χ3v) is 4.81. The first-order valence-electron chi connectivity index (χ1n) is 8.07. The third-order valence-electron chi connectivity index (χ3n) is 4.55. The minimum Gasteiger partial charge on any atom is -0.490 e. The van der Waals surface area contributed by atoms with Gasteiger partial charge >= 0.3 is 0 Å². The Morgan fingerprint density at radius 1 is 1.27 bits per heavy atom. The summed E-state index contributed by atoms with van der Waals surface area (Å²) < 4.78 is 11.4. The molecule has 1 aliphatic carbocycles. The van der Waals surface area contributed by atoms with Gasteiger partial charge in [0.1, 0.15) is 18.0 Å². The number of nitrogens with zero attached hydrogens (tertiary/aromatic N) is 1. The van der Waals surface area contributed by atoms with Gasteiger partial charge < -0.3 is 14.6 Å². The summed E-state index contributed by atoms with van der Waals surface area (Å²) in [5.74, 6) is 0.717. The topological polar surface area (TPSA) is 41.9 Å². The van der Waals surface area contributed by atoms with Crippen LogP contribution in [0.5, 0.6) is 5.75 Å². The second-order valence-electron chi connectivity index (χ2n) is 6.43. The number of ether oxygens (including phenoxy) is 2. The number of aliphatic hydroxyl groups is 1. The molecule has 3 rings (SSSR count). The van der Waals surface area contributed by atoms with Gasteiger partial charge in [-0.3, -0.25) is 4.90 Å². The lowest BCUT2D eigenvalue weighted by Crippen LogP contribution is -2.51. The molecule has 1 N–H and O–H groups in total. The summed E-state index contributed by atoms with van der Waals surface area (Å²) >= 11 is 5.87. The van der Waals surface area contributed by atoms with Crippen LogP contribution in [-0.2, 0) is 4.74 Å². The average Bonchev–Trinajstić information content (AvgIpc) is 2.98. The largest absolute Gasteiger partial charge is 0.490 e. The van der Waals surface area contributed by atoms with E-state index in [0.29, 0.717) is 30.8 Å². The summed E-state index contributed by atoms with van der Waals surface area (Å²) in [4.78, 5) is 2.38. The Hall–Kier alpha value is -0.810. The molecule has 0 amide bonds. The quantitative estimate of drug-likeness (QED) is 0.924. The highest BCUT2D eigenvalue weighted by Gasteiger charge is 2.36. The molecule has 0 spiro atoms. The van der Waals surface area contributed by atoms with Crippen LogP contribution in [0.2, 0.25) is 5.02 Å². The Balaban J connectivity index is 1.60. The molecule has 1 aliphatic heterocycles. The Morgan fingerprint density at radius 2 is 2.00 bits per heavy atom. The molecule has 4 nitrogen and oxygen atoms in total. The lowest BCUT2D eigenvalue weighted by Gasteiger charge is -2.33. The number of hydrogen-bond acceptors (Lipinski definition) is 4. The highest BCUT2D eigenvalue weighted by molar-refractivity contribution is 6.30. The summed E-state index contributed by atoms with van der Waals surface area (Å²) in [7, 11) is 0. The predicted molar refractivity (Wildman–Crippen MR) is 86.5 cm³/mol. The molecule has 122 valence electrons. The van der Waals surface area contributed by atoms with Crippen molar-refractivity contribution in [2.75, 3.05) is 32.9 Å². The maximum atomic E-state index is 10.9. The molecule has 0 unspecified atom stereocenters. The second kappa shape index (κ2) is 7.18. The first-order chi connectivity index (χ1) is 10.6. The van der Waals surface area contributed by atoms with Gasteiger partial charge in [0.2, 0.25) is 0 Å². The maximum Gasteiger partial charge on any atom is 0.134 e. The van der Waals surface area contributed by atoms with Gasteiger partial charge in [0, 0.05) is 24.2 Å². The normalized spacial score (nSPS) is 27.7. The summed E-state index contributed by atoms with van der Waals surface area (Å²) in [5.41, 5.74) is -0.960. The highest BCUT2D eigenvalue weighted by Crippen LogP contribution is 2.26. The van der Waals surface area contributed by atoms with Crippen molar-refractivity contribution in [2.45, 2.75) is 37.3 Å². The van der Waals surface area contributed by atoms with E-state index in [1.165, 1.54) is 25.7 Å². The molecule has 0 radical (unpaired) electrons. The van der Waals surface area contributed by atoms with Crippen molar-refractivity contribution >= 4 is 11.6 Å². The fourth-order valence-electron chi connectivity index (χ4n) is 3.36.